The second-order valence-electron chi connectivity index (χ2n) is 16.7. The minimum Gasteiger partial charge on any atom is -0.491 e. The van der Waals surface area contributed by atoms with Crippen molar-refractivity contribution in [1.29, 1.82) is 0 Å². The molecule has 0 unspecified atom stereocenters. The van der Waals surface area contributed by atoms with E-state index in [9.17, 15) is 28.0 Å². The predicted octanol–water partition coefficient (Wildman–Crippen LogP) is 14.7. The van der Waals surface area contributed by atoms with E-state index in [2.05, 4.69) is 13.8 Å². The summed E-state index contributed by atoms with van der Waals surface area (Å²) in [6, 6.07) is 25.0. The molecule has 362 valence electrons. The molecular formula is C56H64F2O10. The van der Waals surface area contributed by atoms with Crippen molar-refractivity contribution in [2.45, 2.75) is 129 Å². The molecular weight excluding hydrogens is 871 g/mol. The number of hydrogen-bond acceptors (Lipinski definition) is 10. The Hall–Kier alpha value is -6.56. The summed E-state index contributed by atoms with van der Waals surface area (Å²) >= 11 is 0. The molecule has 0 aromatic heterocycles. The van der Waals surface area contributed by atoms with Crippen LogP contribution in [-0.2, 0) is 0 Å². The predicted molar refractivity (Wildman–Crippen MR) is 257 cm³/mol. The van der Waals surface area contributed by atoms with Crippen LogP contribution in [0.15, 0.2) is 109 Å². The molecule has 0 amide bonds. The van der Waals surface area contributed by atoms with Gasteiger partial charge in [0.2, 0.25) is 0 Å². The molecule has 0 saturated carbocycles. The van der Waals surface area contributed by atoms with E-state index in [0.29, 0.717) is 13.2 Å². The van der Waals surface area contributed by atoms with Crippen LogP contribution in [0.2, 0.25) is 0 Å². The third-order valence-corrected chi connectivity index (χ3v) is 11.2. The summed E-state index contributed by atoms with van der Waals surface area (Å²) in [5.74, 6) is -3.76. The van der Waals surface area contributed by atoms with E-state index in [4.69, 9.17) is 28.4 Å². The molecule has 0 heterocycles. The van der Waals surface area contributed by atoms with Gasteiger partial charge >= 0.3 is 23.9 Å². The SMILES string of the molecule is CCCCCCCCCCCOc1ccc(C(=O)Oc2ccc(C(=O)Oc3cccc(OC(=O)c4ccc(OC(=O)c5ccc(OCCCCCCCCCCC)c(F)c5)cc4)c3)cc2)cc1F. The molecule has 0 N–H and O–H groups in total. The summed E-state index contributed by atoms with van der Waals surface area (Å²) in [5, 5.41) is 0. The normalized spacial score (nSPS) is 10.9. The Balaban J connectivity index is 1.01. The van der Waals surface area contributed by atoms with Gasteiger partial charge in [-0.3, -0.25) is 0 Å². The second kappa shape index (κ2) is 29.3. The Kier molecular flexibility index (Phi) is 22.5. The lowest BCUT2D eigenvalue weighted by molar-refractivity contribution is 0.0722. The Labute approximate surface area is 399 Å². The number of carbonyl (C=O) groups is 4. The molecule has 5 aromatic carbocycles. The molecule has 0 spiro atoms. The lowest BCUT2D eigenvalue weighted by Gasteiger charge is -2.10. The molecule has 0 saturated heterocycles. The fraction of sp³-hybridized carbons (Fsp3) is 0.393. The zero-order valence-corrected chi connectivity index (χ0v) is 39.4. The number of benzene rings is 5. The number of halogens is 2. The fourth-order valence-electron chi connectivity index (χ4n) is 7.26. The quantitative estimate of drug-likeness (QED) is 0.0250. The van der Waals surface area contributed by atoms with Gasteiger partial charge in [-0.25, -0.2) is 28.0 Å². The van der Waals surface area contributed by atoms with E-state index < -0.39 is 35.5 Å². The van der Waals surface area contributed by atoms with Crippen molar-refractivity contribution >= 4 is 23.9 Å². The maximum atomic E-state index is 14.8. The average Bonchev–Trinajstić information content (AvgIpc) is 3.34. The lowest BCUT2D eigenvalue weighted by Crippen LogP contribution is -2.11. The van der Waals surface area contributed by atoms with Crippen LogP contribution >= 0.6 is 0 Å². The van der Waals surface area contributed by atoms with Crippen molar-refractivity contribution in [2.24, 2.45) is 0 Å². The first-order valence-corrected chi connectivity index (χ1v) is 24.2. The van der Waals surface area contributed by atoms with Crippen LogP contribution in [0, 0.1) is 11.6 Å². The van der Waals surface area contributed by atoms with Gasteiger partial charge in [0.05, 0.1) is 35.5 Å². The molecule has 0 aliphatic heterocycles. The van der Waals surface area contributed by atoms with Crippen molar-refractivity contribution in [1.82, 2.24) is 0 Å². The molecule has 0 aliphatic carbocycles. The highest BCUT2D eigenvalue weighted by Gasteiger charge is 2.17. The fourth-order valence-corrected chi connectivity index (χ4v) is 7.26. The summed E-state index contributed by atoms with van der Waals surface area (Å²) in [6.07, 6.45) is 21.0. The van der Waals surface area contributed by atoms with Crippen LogP contribution in [0.5, 0.6) is 34.5 Å². The molecule has 5 aromatic rings. The maximum Gasteiger partial charge on any atom is 0.343 e. The summed E-state index contributed by atoms with van der Waals surface area (Å²) < 4.78 is 62.5. The zero-order chi connectivity index (χ0) is 48.4. The van der Waals surface area contributed by atoms with Crippen LogP contribution in [-0.4, -0.2) is 37.1 Å². The smallest absolute Gasteiger partial charge is 0.343 e. The van der Waals surface area contributed by atoms with Gasteiger partial charge in [0, 0.05) is 6.07 Å². The third kappa shape index (κ3) is 18.3. The van der Waals surface area contributed by atoms with Gasteiger partial charge in [0.1, 0.15) is 23.0 Å². The van der Waals surface area contributed by atoms with E-state index in [0.717, 1.165) is 50.7 Å². The van der Waals surface area contributed by atoms with Gasteiger partial charge in [0.15, 0.2) is 23.1 Å². The Bertz CT molecular complexity index is 2190. The van der Waals surface area contributed by atoms with Gasteiger partial charge in [-0.2, -0.15) is 0 Å². The van der Waals surface area contributed by atoms with Crippen molar-refractivity contribution in [2.75, 3.05) is 13.2 Å². The standard InChI is InChI=1S/C56H64F2O10/c1-3-5-7-9-11-13-15-17-19-36-63-51-34-28-43(38-49(51)57)55(61)65-45-30-24-41(25-31-45)53(59)67-47-22-21-23-48(40-47)68-54(60)42-26-32-46(33-27-42)66-56(62)44-29-35-52(50(58)39-44)64-37-20-18-16-14-12-10-8-6-4-2/h21-35,38-40H,3-20,36-37H2,1-2H3. The first-order valence-electron chi connectivity index (χ1n) is 24.2. The van der Waals surface area contributed by atoms with E-state index in [1.807, 2.05) is 0 Å². The molecule has 0 radical (unpaired) electrons. The highest BCUT2D eigenvalue weighted by atomic mass is 19.1. The molecule has 5 rings (SSSR count). The summed E-state index contributed by atoms with van der Waals surface area (Å²) in [4.78, 5) is 51.5. The molecule has 12 heteroatoms. The second-order valence-corrected chi connectivity index (χ2v) is 16.7. The molecule has 68 heavy (non-hydrogen) atoms. The van der Waals surface area contributed by atoms with Crippen molar-refractivity contribution in [3.05, 3.63) is 143 Å². The molecule has 0 fully saturated rings. The van der Waals surface area contributed by atoms with Gasteiger partial charge < -0.3 is 28.4 Å². The molecule has 10 nitrogen and oxygen atoms in total. The lowest BCUT2D eigenvalue weighted by atomic mass is 10.1. The third-order valence-electron chi connectivity index (χ3n) is 11.2. The summed E-state index contributed by atoms with van der Waals surface area (Å²) in [6.45, 7) is 5.20. The van der Waals surface area contributed by atoms with Gasteiger partial charge in [-0.1, -0.05) is 123 Å². The van der Waals surface area contributed by atoms with Crippen molar-refractivity contribution < 1.29 is 56.4 Å². The number of rotatable bonds is 30. The largest absolute Gasteiger partial charge is 0.491 e. The zero-order valence-electron chi connectivity index (χ0n) is 39.4. The van der Waals surface area contributed by atoms with Crippen LogP contribution in [0.25, 0.3) is 0 Å². The first-order chi connectivity index (χ1) is 33.1. The monoisotopic (exact) mass is 934 g/mol. The number of unbranched alkanes of at least 4 members (excludes halogenated alkanes) is 16. The Morgan fingerprint density at radius 2 is 0.662 bits per heavy atom. The van der Waals surface area contributed by atoms with E-state index in [1.54, 1.807) is 0 Å². The minimum atomic E-state index is -0.782. The number of carbonyl (C=O) groups excluding carboxylic acids is 4. The van der Waals surface area contributed by atoms with Crippen LogP contribution in [0.1, 0.15) is 171 Å². The molecule has 0 atom stereocenters. The summed E-state index contributed by atoms with van der Waals surface area (Å²) in [5.41, 5.74) is 0.286. The Morgan fingerprint density at radius 3 is 1.01 bits per heavy atom. The first kappa shape index (κ1) is 52.4. The minimum absolute atomic E-state index is 0.00122. The maximum absolute atomic E-state index is 14.8. The van der Waals surface area contributed by atoms with Gasteiger partial charge in [-0.15, -0.1) is 0 Å². The van der Waals surface area contributed by atoms with Gasteiger partial charge in [0.25, 0.3) is 0 Å². The highest BCUT2D eigenvalue weighted by molar-refractivity contribution is 5.94. The van der Waals surface area contributed by atoms with E-state index in [-0.39, 0.29) is 56.8 Å². The van der Waals surface area contributed by atoms with Crippen LogP contribution in [0.3, 0.4) is 0 Å². The van der Waals surface area contributed by atoms with Crippen LogP contribution < -0.4 is 28.4 Å². The summed E-state index contributed by atoms with van der Waals surface area (Å²) in [7, 11) is 0. The average molecular weight is 935 g/mol. The van der Waals surface area contributed by atoms with Gasteiger partial charge in [-0.05, 0) is 110 Å². The van der Waals surface area contributed by atoms with E-state index in [1.165, 1.54) is 174 Å². The van der Waals surface area contributed by atoms with Crippen molar-refractivity contribution in [3.63, 3.8) is 0 Å². The van der Waals surface area contributed by atoms with Crippen LogP contribution in [0.4, 0.5) is 8.78 Å². The molecule has 0 bridgehead atoms. The van der Waals surface area contributed by atoms with E-state index >= 15 is 0 Å². The topological polar surface area (TPSA) is 124 Å². The highest BCUT2D eigenvalue weighted by Crippen LogP contribution is 2.26. The van der Waals surface area contributed by atoms with Crippen molar-refractivity contribution in [3.8, 4) is 34.5 Å². The number of hydrogen-bond donors (Lipinski definition) is 0. The number of esters is 4. The Morgan fingerprint density at radius 1 is 0.353 bits per heavy atom. The molecule has 0 aliphatic rings. The number of ether oxygens (including phenoxy) is 6.